The number of rotatable bonds is 4. The third-order valence-corrected chi connectivity index (χ3v) is 6.61. The Morgan fingerprint density at radius 3 is 2.93 bits per heavy atom. The zero-order chi connectivity index (χ0) is 19.3. The fourth-order valence-electron chi connectivity index (χ4n) is 4.29. The summed E-state index contributed by atoms with van der Waals surface area (Å²) in [6, 6.07) is 8.22. The van der Waals surface area contributed by atoms with Crippen molar-refractivity contribution >= 4 is 34.2 Å². The Hall–Kier alpha value is -2.87. The number of thiazole rings is 1. The molecule has 0 spiro atoms. The summed E-state index contributed by atoms with van der Waals surface area (Å²) in [5.74, 6) is 0.902. The van der Waals surface area contributed by atoms with Gasteiger partial charge in [-0.3, -0.25) is 9.69 Å². The Balaban J connectivity index is 1.30. The first-order valence-electron chi connectivity index (χ1n) is 9.26. The van der Waals surface area contributed by atoms with Crippen molar-refractivity contribution in [1.29, 1.82) is 0 Å². The molecule has 0 radical (unpaired) electrons. The van der Waals surface area contributed by atoms with Crippen molar-refractivity contribution in [2.24, 2.45) is 5.92 Å². The summed E-state index contributed by atoms with van der Waals surface area (Å²) in [5, 5.41) is 5.66. The lowest BCUT2D eigenvalue weighted by Crippen LogP contribution is -2.26. The molecule has 5 rings (SSSR count). The van der Waals surface area contributed by atoms with Crippen molar-refractivity contribution in [1.82, 2.24) is 10.3 Å². The summed E-state index contributed by atoms with van der Waals surface area (Å²) in [6.07, 6.45) is 4.08. The zero-order valence-electron chi connectivity index (χ0n) is 15.4. The van der Waals surface area contributed by atoms with Crippen LogP contribution in [0.2, 0.25) is 0 Å². The first kappa shape index (κ1) is 17.2. The minimum absolute atomic E-state index is 0.201. The molecule has 1 aromatic carbocycles. The third-order valence-electron chi connectivity index (χ3n) is 5.78. The number of benzene rings is 1. The van der Waals surface area contributed by atoms with E-state index in [0.717, 1.165) is 23.9 Å². The van der Waals surface area contributed by atoms with E-state index in [9.17, 15) is 9.59 Å². The van der Waals surface area contributed by atoms with Gasteiger partial charge >= 0.3 is 6.09 Å². The van der Waals surface area contributed by atoms with Crippen molar-refractivity contribution in [3.05, 3.63) is 53.4 Å². The summed E-state index contributed by atoms with van der Waals surface area (Å²) in [7, 11) is 0. The lowest BCUT2D eigenvalue weighted by Gasteiger charge is -2.21. The molecule has 2 amide bonds. The minimum atomic E-state index is -0.428. The maximum atomic E-state index is 12.2. The van der Waals surface area contributed by atoms with Gasteiger partial charge in [-0.2, -0.15) is 0 Å². The number of anilines is 2. The maximum absolute atomic E-state index is 12.2. The number of hydrogen-bond donors (Lipinski definition) is 1. The number of nitrogens with zero attached hydrogens (tertiary/aromatic N) is 3. The van der Waals surface area contributed by atoms with Gasteiger partial charge in [0.05, 0.1) is 6.54 Å². The largest absolute Gasteiger partial charge is 0.419 e. The Morgan fingerprint density at radius 2 is 2.21 bits per heavy atom. The van der Waals surface area contributed by atoms with Crippen molar-refractivity contribution in [3.8, 4) is 0 Å². The van der Waals surface area contributed by atoms with E-state index in [4.69, 9.17) is 4.74 Å². The van der Waals surface area contributed by atoms with Crippen LogP contribution in [0.25, 0.3) is 0 Å². The second kappa shape index (κ2) is 6.34. The van der Waals surface area contributed by atoms with Crippen LogP contribution in [0.5, 0.6) is 0 Å². The van der Waals surface area contributed by atoms with Crippen LogP contribution in [-0.4, -0.2) is 36.6 Å². The zero-order valence-corrected chi connectivity index (χ0v) is 16.2. The predicted molar refractivity (Wildman–Crippen MR) is 106 cm³/mol. The quantitative estimate of drug-likeness (QED) is 0.860. The first-order valence-corrected chi connectivity index (χ1v) is 10.1. The molecule has 2 atom stereocenters. The van der Waals surface area contributed by atoms with E-state index in [0.29, 0.717) is 18.2 Å². The van der Waals surface area contributed by atoms with Gasteiger partial charge in [-0.25, -0.2) is 9.78 Å². The lowest BCUT2D eigenvalue weighted by molar-refractivity contribution is -0.118. The molecular formula is C20H20N4O3S. The SMILES string of the molecule is CC(=O)NC=C1CN(c2ccc(C34CC3CN(c3nccs3)C4)cc2)C(=O)O1. The number of fused-ring (bicyclic) bond motifs is 1. The van der Waals surface area contributed by atoms with Crippen LogP contribution in [0.3, 0.4) is 0 Å². The highest BCUT2D eigenvalue weighted by Gasteiger charge is 2.61. The van der Waals surface area contributed by atoms with E-state index in [1.165, 1.54) is 25.1 Å². The second-order valence-corrected chi connectivity index (χ2v) is 8.44. The van der Waals surface area contributed by atoms with Gasteiger partial charge in [-0.15, -0.1) is 11.3 Å². The van der Waals surface area contributed by atoms with Crippen molar-refractivity contribution in [2.75, 3.05) is 29.4 Å². The molecule has 7 nitrogen and oxygen atoms in total. The van der Waals surface area contributed by atoms with Gasteiger partial charge in [-0.1, -0.05) is 12.1 Å². The fourth-order valence-corrected chi connectivity index (χ4v) is 4.95. The molecule has 1 N–H and O–H groups in total. The average molecular weight is 396 g/mol. The van der Waals surface area contributed by atoms with Gasteiger partial charge in [0, 0.05) is 48.9 Å². The second-order valence-electron chi connectivity index (χ2n) is 7.56. The number of nitrogens with one attached hydrogen (secondary N) is 1. The number of carbonyl (C=O) groups excluding carboxylic acids is 2. The van der Waals surface area contributed by atoms with E-state index >= 15 is 0 Å². The van der Waals surface area contributed by atoms with Gasteiger partial charge in [-0.05, 0) is 30.0 Å². The molecule has 3 aliphatic rings. The molecule has 2 saturated heterocycles. The molecule has 1 saturated carbocycles. The highest BCUT2D eigenvalue weighted by Crippen LogP contribution is 2.59. The number of cyclic esters (lactones) is 1. The topological polar surface area (TPSA) is 74.8 Å². The van der Waals surface area contributed by atoms with E-state index in [2.05, 4.69) is 27.3 Å². The van der Waals surface area contributed by atoms with Crippen LogP contribution in [0, 0.1) is 5.92 Å². The van der Waals surface area contributed by atoms with Gasteiger partial charge in [0.1, 0.15) is 5.76 Å². The standard InChI is InChI=1S/C20H20N4O3S/c1-13(25)22-9-17-11-24(19(26)27-17)16-4-2-14(3-5-16)20-8-15(20)10-23(12-20)18-21-6-7-28-18/h2-7,9,15H,8,10-12H2,1H3,(H,22,25). The van der Waals surface area contributed by atoms with Crippen LogP contribution < -0.4 is 15.1 Å². The van der Waals surface area contributed by atoms with Gasteiger partial charge in [0.2, 0.25) is 5.91 Å². The average Bonchev–Trinajstić information content (AvgIpc) is 3.13. The maximum Gasteiger partial charge on any atom is 0.419 e. The summed E-state index contributed by atoms with van der Waals surface area (Å²) >= 11 is 1.69. The monoisotopic (exact) mass is 396 g/mol. The van der Waals surface area contributed by atoms with Crippen LogP contribution in [0.4, 0.5) is 15.6 Å². The molecule has 8 heteroatoms. The Bertz CT molecular complexity index is 956. The van der Waals surface area contributed by atoms with E-state index in [-0.39, 0.29) is 11.3 Å². The smallest absolute Gasteiger partial charge is 0.411 e. The van der Waals surface area contributed by atoms with Gasteiger partial charge in [0.15, 0.2) is 5.13 Å². The molecule has 144 valence electrons. The Morgan fingerprint density at radius 1 is 1.39 bits per heavy atom. The van der Waals surface area contributed by atoms with Crippen molar-refractivity contribution in [2.45, 2.75) is 18.8 Å². The van der Waals surface area contributed by atoms with Gasteiger partial charge < -0.3 is 15.0 Å². The van der Waals surface area contributed by atoms with Crippen LogP contribution in [0.15, 0.2) is 47.8 Å². The number of hydrogen-bond acceptors (Lipinski definition) is 6. The fraction of sp³-hybridized carbons (Fsp3) is 0.350. The molecule has 3 heterocycles. The van der Waals surface area contributed by atoms with Crippen LogP contribution >= 0.6 is 11.3 Å². The van der Waals surface area contributed by atoms with Gasteiger partial charge in [0.25, 0.3) is 0 Å². The summed E-state index contributed by atoms with van der Waals surface area (Å²) in [5.41, 5.74) is 2.33. The molecular weight excluding hydrogens is 376 g/mol. The van der Waals surface area contributed by atoms with E-state index in [1.807, 2.05) is 23.7 Å². The van der Waals surface area contributed by atoms with Crippen molar-refractivity contribution < 1.29 is 14.3 Å². The summed E-state index contributed by atoms with van der Waals surface area (Å²) < 4.78 is 5.21. The molecule has 1 aliphatic carbocycles. The molecule has 2 aliphatic heterocycles. The number of ether oxygens (including phenoxy) is 1. The van der Waals surface area contributed by atoms with E-state index in [1.54, 1.807) is 16.2 Å². The number of aromatic nitrogens is 1. The molecule has 28 heavy (non-hydrogen) atoms. The number of amides is 2. The lowest BCUT2D eigenvalue weighted by atomic mass is 9.95. The summed E-state index contributed by atoms with van der Waals surface area (Å²) in [6.45, 7) is 3.78. The van der Waals surface area contributed by atoms with Crippen LogP contribution in [0.1, 0.15) is 18.9 Å². The molecule has 0 bridgehead atoms. The highest BCUT2D eigenvalue weighted by atomic mass is 32.1. The Kier molecular flexibility index (Phi) is 3.90. The number of carbonyl (C=O) groups is 2. The molecule has 2 aromatic rings. The molecule has 2 unspecified atom stereocenters. The van der Waals surface area contributed by atoms with Crippen LogP contribution in [-0.2, 0) is 14.9 Å². The molecule has 3 fully saturated rings. The number of piperidine rings is 1. The summed E-state index contributed by atoms with van der Waals surface area (Å²) in [4.78, 5) is 31.6. The Labute approximate surface area is 166 Å². The first-order chi connectivity index (χ1) is 13.5. The molecule has 1 aromatic heterocycles. The minimum Gasteiger partial charge on any atom is -0.411 e. The van der Waals surface area contributed by atoms with Crippen molar-refractivity contribution in [3.63, 3.8) is 0 Å². The van der Waals surface area contributed by atoms with E-state index < -0.39 is 6.09 Å². The normalized spacial score (nSPS) is 27.1. The third kappa shape index (κ3) is 2.84. The highest BCUT2D eigenvalue weighted by molar-refractivity contribution is 7.13. The predicted octanol–water partition coefficient (Wildman–Crippen LogP) is 2.86.